The first-order chi connectivity index (χ1) is 7.24. The second-order valence-corrected chi connectivity index (χ2v) is 4.03. The highest BCUT2D eigenvalue weighted by Gasteiger charge is 2.26. The van der Waals surface area contributed by atoms with Gasteiger partial charge in [-0.3, -0.25) is 0 Å². The van der Waals surface area contributed by atoms with E-state index < -0.39 is 12.4 Å². The predicted octanol–water partition coefficient (Wildman–Crippen LogP) is 1.09. The van der Waals surface area contributed by atoms with Gasteiger partial charge in [-0.1, -0.05) is 30.3 Å². The lowest BCUT2D eigenvalue weighted by atomic mass is 9.99. The third-order valence-electron chi connectivity index (χ3n) is 2.66. The fourth-order valence-electron chi connectivity index (χ4n) is 1.97. The van der Waals surface area contributed by atoms with E-state index in [4.69, 9.17) is 4.74 Å². The van der Waals surface area contributed by atoms with Gasteiger partial charge < -0.3 is 14.9 Å². The number of rotatable bonds is 2. The Labute approximate surface area is 89.3 Å². The van der Waals surface area contributed by atoms with Crippen LogP contribution in [0, 0.1) is 0 Å². The van der Waals surface area contributed by atoms with Crippen LogP contribution in [-0.4, -0.2) is 28.7 Å². The van der Waals surface area contributed by atoms with E-state index in [0.29, 0.717) is 12.8 Å². The summed E-state index contributed by atoms with van der Waals surface area (Å²) in [4.78, 5) is 0. The number of hydrogen-bond donors (Lipinski definition) is 2. The van der Waals surface area contributed by atoms with E-state index in [-0.39, 0.29) is 6.10 Å². The smallest absolute Gasteiger partial charge is 0.157 e. The van der Waals surface area contributed by atoms with Crippen molar-refractivity contribution < 1.29 is 14.9 Å². The Morgan fingerprint density at radius 3 is 2.53 bits per heavy atom. The molecule has 1 heterocycles. The molecule has 15 heavy (non-hydrogen) atoms. The van der Waals surface area contributed by atoms with E-state index >= 15 is 0 Å². The van der Waals surface area contributed by atoms with E-state index in [1.807, 2.05) is 30.3 Å². The Hall–Kier alpha value is -0.900. The van der Waals surface area contributed by atoms with Crippen LogP contribution in [0.2, 0.25) is 0 Å². The molecule has 0 amide bonds. The van der Waals surface area contributed by atoms with Gasteiger partial charge in [-0.2, -0.15) is 0 Å². The molecule has 3 heteroatoms. The minimum Gasteiger partial charge on any atom is -0.393 e. The highest BCUT2D eigenvalue weighted by Crippen LogP contribution is 2.21. The number of benzene rings is 1. The molecule has 1 saturated heterocycles. The lowest BCUT2D eigenvalue weighted by molar-refractivity contribution is -0.188. The van der Waals surface area contributed by atoms with E-state index in [1.54, 1.807) is 0 Å². The van der Waals surface area contributed by atoms with E-state index in [9.17, 15) is 10.2 Å². The standard InChI is InChI=1S/C12H16O3/c13-10-7-11(15-12(14)8-10)6-9-4-2-1-3-5-9/h1-5,10-14H,6-8H2/t10-,11-,12?/m1/s1. The Morgan fingerprint density at radius 2 is 1.87 bits per heavy atom. The van der Waals surface area contributed by atoms with Crippen molar-refractivity contribution in [1.29, 1.82) is 0 Å². The number of aliphatic hydroxyl groups is 2. The molecule has 1 aliphatic rings. The van der Waals surface area contributed by atoms with Crippen molar-refractivity contribution in [2.75, 3.05) is 0 Å². The zero-order chi connectivity index (χ0) is 10.7. The van der Waals surface area contributed by atoms with Crippen molar-refractivity contribution >= 4 is 0 Å². The number of ether oxygens (including phenoxy) is 1. The van der Waals surface area contributed by atoms with Crippen LogP contribution >= 0.6 is 0 Å². The maximum Gasteiger partial charge on any atom is 0.157 e. The summed E-state index contributed by atoms with van der Waals surface area (Å²) >= 11 is 0. The fraction of sp³-hybridized carbons (Fsp3) is 0.500. The second-order valence-electron chi connectivity index (χ2n) is 4.03. The lowest BCUT2D eigenvalue weighted by Gasteiger charge is -2.30. The first-order valence-corrected chi connectivity index (χ1v) is 5.29. The van der Waals surface area contributed by atoms with Crippen LogP contribution in [0.15, 0.2) is 30.3 Å². The van der Waals surface area contributed by atoms with Gasteiger partial charge in [0.1, 0.15) is 0 Å². The molecule has 1 aliphatic heterocycles. The Kier molecular flexibility index (Phi) is 3.36. The highest BCUT2D eigenvalue weighted by molar-refractivity contribution is 5.15. The minimum atomic E-state index is -0.817. The zero-order valence-corrected chi connectivity index (χ0v) is 8.54. The quantitative estimate of drug-likeness (QED) is 0.764. The second kappa shape index (κ2) is 4.75. The summed E-state index contributed by atoms with van der Waals surface area (Å²) in [5, 5.41) is 18.8. The summed E-state index contributed by atoms with van der Waals surface area (Å²) in [6.45, 7) is 0. The molecule has 82 valence electrons. The molecule has 1 aromatic carbocycles. The average molecular weight is 208 g/mol. The van der Waals surface area contributed by atoms with Crippen LogP contribution in [0.5, 0.6) is 0 Å². The molecular weight excluding hydrogens is 192 g/mol. The first kappa shape index (κ1) is 10.6. The lowest BCUT2D eigenvalue weighted by Crippen LogP contribution is -2.36. The van der Waals surface area contributed by atoms with E-state index in [0.717, 1.165) is 6.42 Å². The van der Waals surface area contributed by atoms with Crippen molar-refractivity contribution in [3.63, 3.8) is 0 Å². The van der Waals surface area contributed by atoms with E-state index in [1.165, 1.54) is 5.56 Å². The van der Waals surface area contributed by atoms with E-state index in [2.05, 4.69) is 0 Å². The van der Waals surface area contributed by atoms with Gasteiger partial charge in [0.2, 0.25) is 0 Å². The highest BCUT2D eigenvalue weighted by atomic mass is 16.6. The third-order valence-corrected chi connectivity index (χ3v) is 2.66. The molecule has 0 aliphatic carbocycles. The molecule has 0 radical (unpaired) electrons. The summed E-state index contributed by atoms with van der Waals surface area (Å²) < 4.78 is 5.36. The molecule has 0 saturated carbocycles. The number of hydrogen-bond acceptors (Lipinski definition) is 3. The summed E-state index contributed by atoms with van der Waals surface area (Å²) in [6.07, 6.45) is 0.336. The van der Waals surface area contributed by atoms with Crippen LogP contribution in [0.1, 0.15) is 18.4 Å². The van der Waals surface area contributed by atoms with Gasteiger partial charge in [0, 0.05) is 12.8 Å². The van der Waals surface area contributed by atoms with Crippen molar-refractivity contribution in [2.45, 2.75) is 37.8 Å². The minimum absolute atomic E-state index is 0.0776. The van der Waals surface area contributed by atoms with Crippen LogP contribution in [-0.2, 0) is 11.2 Å². The van der Waals surface area contributed by atoms with Gasteiger partial charge in [0.05, 0.1) is 12.2 Å². The maximum atomic E-state index is 9.49. The summed E-state index contributed by atoms with van der Waals surface area (Å²) in [5.41, 5.74) is 1.17. The molecule has 2 rings (SSSR count). The molecule has 3 nitrogen and oxygen atoms in total. The predicted molar refractivity (Wildman–Crippen MR) is 56.3 cm³/mol. The largest absolute Gasteiger partial charge is 0.393 e. The molecule has 1 unspecified atom stereocenters. The molecule has 1 fully saturated rings. The summed E-state index contributed by atoms with van der Waals surface area (Å²) in [6, 6.07) is 9.97. The molecule has 3 atom stereocenters. The topological polar surface area (TPSA) is 49.7 Å². The first-order valence-electron chi connectivity index (χ1n) is 5.29. The molecule has 2 N–H and O–H groups in total. The normalized spacial score (nSPS) is 31.5. The average Bonchev–Trinajstić information content (AvgIpc) is 2.17. The van der Waals surface area contributed by atoms with Crippen molar-refractivity contribution in [3.05, 3.63) is 35.9 Å². The van der Waals surface area contributed by atoms with Gasteiger partial charge in [0.25, 0.3) is 0 Å². The zero-order valence-electron chi connectivity index (χ0n) is 8.54. The SMILES string of the molecule is OC1C[C@H](O)C[C@@H](Cc2ccccc2)O1. The van der Waals surface area contributed by atoms with Gasteiger partial charge in [0.15, 0.2) is 6.29 Å². The molecule has 1 aromatic rings. The van der Waals surface area contributed by atoms with Crippen LogP contribution in [0.25, 0.3) is 0 Å². The van der Waals surface area contributed by atoms with Crippen molar-refractivity contribution in [2.24, 2.45) is 0 Å². The molecule has 0 bridgehead atoms. The Balaban J connectivity index is 1.94. The Morgan fingerprint density at radius 1 is 1.13 bits per heavy atom. The van der Waals surface area contributed by atoms with Crippen LogP contribution < -0.4 is 0 Å². The number of aliphatic hydroxyl groups excluding tert-OH is 2. The molecular formula is C12H16O3. The maximum absolute atomic E-state index is 9.49. The van der Waals surface area contributed by atoms with Crippen LogP contribution in [0.3, 0.4) is 0 Å². The van der Waals surface area contributed by atoms with Gasteiger partial charge >= 0.3 is 0 Å². The van der Waals surface area contributed by atoms with Crippen molar-refractivity contribution in [3.8, 4) is 0 Å². The van der Waals surface area contributed by atoms with Crippen LogP contribution in [0.4, 0.5) is 0 Å². The molecule has 0 aromatic heterocycles. The molecule has 0 spiro atoms. The van der Waals surface area contributed by atoms with Gasteiger partial charge in [-0.25, -0.2) is 0 Å². The third kappa shape index (κ3) is 3.02. The monoisotopic (exact) mass is 208 g/mol. The van der Waals surface area contributed by atoms with Gasteiger partial charge in [-0.15, -0.1) is 0 Å². The van der Waals surface area contributed by atoms with Gasteiger partial charge in [-0.05, 0) is 12.0 Å². The summed E-state index contributed by atoms with van der Waals surface area (Å²) in [7, 11) is 0. The van der Waals surface area contributed by atoms with Crippen molar-refractivity contribution in [1.82, 2.24) is 0 Å². The fourth-order valence-corrected chi connectivity index (χ4v) is 1.97. The summed E-state index contributed by atoms with van der Waals surface area (Å²) in [5.74, 6) is 0. The Bertz CT molecular complexity index is 289.